The van der Waals surface area contributed by atoms with Crippen LogP contribution in [0.15, 0.2) is 29.2 Å². The van der Waals surface area contributed by atoms with E-state index in [1.807, 2.05) is 0 Å². The molecule has 0 amide bonds. The Morgan fingerprint density at radius 2 is 1.33 bits per heavy atom. The van der Waals surface area contributed by atoms with Crippen LogP contribution in [0.1, 0.15) is 66.2 Å². The maximum absolute atomic E-state index is 10.6. The second kappa shape index (κ2) is 15.3. The summed E-state index contributed by atoms with van der Waals surface area (Å²) in [5.41, 5.74) is 0. The van der Waals surface area contributed by atoms with Crippen LogP contribution in [0.4, 0.5) is 0 Å². The molecule has 1 unspecified atom stereocenters. The van der Waals surface area contributed by atoms with Crippen LogP contribution in [0.5, 0.6) is 5.75 Å². The molecule has 0 radical (unpaired) electrons. The van der Waals surface area contributed by atoms with Crippen molar-refractivity contribution in [3.63, 3.8) is 0 Å². The van der Waals surface area contributed by atoms with Crippen molar-refractivity contribution in [2.75, 3.05) is 18.5 Å². The van der Waals surface area contributed by atoms with E-state index in [1.165, 1.54) is 69.7 Å². The predicted octanol–water partition coefficient (Wildman–Crippen LogP) is 5.52. The lowest BCUT2D eigenvalue weighted by atomic mass is 10.3. The van der Waals surface area contributed by atoms with Crippen molar-refractivity contribution < 1.29 is 22.8 Å². The highest BCUT2D eigenvalue weighted by Gasteiger charge is 2.09. The van der Waals surface area contributed by atoms with Crippen molar-refractivity contribution in [1.82, 2.24) is 0 Å². The second-order valence-electron chi connectivity index (χ2n) is 6.57. The first-order valence-electron chi connectivity index (χ1n) is 9.89. The third kappa shape index (κ3) is 14.0. The van der Waals surface area contributed by atoms with Gasteiger partial charge in [0.15, 0.2) is 6.29 Å². The molecule has 0 aliphatic heterocycles. The number of benzene rings is 1. The predicted molar refractivity (Wildman–Crippen MR) is 115 cm³/mol. The zero-order chi connectivity index (χ0) is 20.7. The molecule has 7 heteroatoms. The van der Waals surface area contributed by atoms with Gasteiger partial charge in [0.2, 0.25) is 0 Å². The number of hydrogen-bond donors (Lipinski definition) is 2. The van der Waals surface area contributed by atoms with Crippen molar-refractivity contribution >= 4 is 18.0 Å². The largest absolute Gasteiger partial charge is 0.465 e. The second-order valence-corrected chi connectivity index (χ2v) is 10.7. The van der Waals surface area contributed by atoms with E-state index in [-0.39, 0.29) is 4.90 Å². The molecule has 1 rings (SSSR count). The van der Waals surface area contributed by atoms with E-state index < -0.39 is 16.4 Å². The Morgan fingerprint density at radius 1 is 0.926 bits per heavy atom. The van der Waals surface area contributed by atoms with Crippen molar-refractivity contribution in [2.24, 2.45) is 0 Å². The summed E-state index contributed by atoms with van der Waals surface area (Å²) in [5, 5.41) is 8.85. The van der Waals surface area contributed by atoms with E-state index >= 15 is 0 Å². The summed E-state index contributed by atoms with van der Waals surface area (Å²) in [7, 11) is -3.74. The quantitative estimate of drug-likeness (QED) is 0.264. The third-order valence-corrected chi connectivity index (χ3v) is 7.63. The van der Waals surface area contributed by atoms with Crippen LogP contribution in [0.2, 0.25) is 0 Å². The topological polar surface area (TPSA) is 83.8 Å². The number of hydrogen-bond acceptors (Lipinski definition) is 4. The molecule has 27 heavy (non-hydrogen) atoms. The van der Waals surface area contributed by atoms with Crippen LogP contribution in [0.3, 0.4) is 0 Å². The molecule has 0 saturated heterocycles. The fourth-order valence-corrected chi connectivity index (χ4v) is 5.81. The molecular formula is C20H37O5PS. The molecule has 0 heterocycles. The first-order chi connectivity index (χ1) is 12.7. The lowest BCUT2D eigenvalue weighted by Crippen LogP contribution is -2.09. The molecule has 0 fully saturated rings. The molecule has 158 valence electrons. The van der Waals surface area contributed by atoms with Gasteiger partial charge in [0.1, 0.15) is 5.75 Å². The smallest absolute Gasteiger partial charge is 0.294 e. The number of ether oxygens (including phenoxy) is 1. The molecule has 1 aromatic rings. The van der Waals surface area contributed by atoms with Crippen molar-refractivity contribution in [3.8, 4) is 5.75 Å². The minimum absolute atomic E-state index is 0.213. The molecule has 1 atom stereocenters. The Labute approximate surface area is 167 Å². The highest BCUT2D eigenvalue weighted by atomic mass is 32.2. The van der Waals surface area contributed by atoms with Gasteiger partial charge in [-0.1, -0.05) is 40.0 Å². The van der Waals surface area contributed by atoms with Gasteiger partial charge in [0.05, 0.1) is 4.90 Å². The zero-order valence-electron chi connectivity index (χ0n) is 17.2. The average Bonchev–Trinajstić information content (AvgIpc) is 2.61. The SMILES string of the molecule is CC(O)Oc1ccc(S(=O)(=O)O)cc1.CCCCP(CCCC)CCCC. The van der Waals surface area contributed by atoms with Gasteiger partial charge < -0.3 is 9.84 Å². The number of aliphatic hydroxyl groups excluding tert-OH is 1. The van der Waals surface area contributed by atoms with Gasteiger partial charge in [-0.05, 0) is 68.9 Å². The molecule has 0 bridgehead atoms. The standard InChI is InChI=1S/C12H27P.C8H10O5S/c1-4-7-10-13(11-8-5-2)12-9-6-3;1-6(9)13-7-2-4-8(5-3-7)14(10,11)12/h4-12H2,1-3H3;2-6,9H,1H3,(H,10,11,12). The van der Waals surface area contributed by atoms with E-state index in [0.29, 0.717) is 13.7 Å². The molecule has 0 saturated carbocycles. The van der Waals surface area contributed by atoms with E-state index in [2.05, 4.69) is 20.8 Å². The van der Waals surface area contributed by atoms with Crippen LogP contribution in [0, 0.1) is 0 Å². The highest BCUT2D eigenvalue weighted by molar-refractivity contribution is 7.85. The summed E-state index contributed by atoms with van der Waals surface area (Å²) in [5.74, 6) is 0.326. The third-order valence-electron chi connectivity index (χ3n) is 3.91. The minimum Gasteiger partial charge on any atom is -0.465 e. The molecular weight excluding hydrogens is 383 g/mol. The Balaban J connectivity index is 0.000000503. The molecule has 1 aromatic carbocycles. The maximum atomic E-state index is 10.6. The van der Waals surface area contributed by atoms with Gasteiger partial charge in [0, 0.05) is 0 Å². The molecule has 5 nitrogen and oxygen atoms in total. The van der Waals surface area contributed by atoms with Gasteiger partial charge in [0.25, 0.3) is 10.1 Å². The number of aliphatic hydroxyl groups is 1. The van der Waals surface area contributed by atoms with E-state index in [4.69, 9.17) is 14.4 Å². The van der Waals surface area contributed by atoms with Gasteiger partial charge in [-0.2, -0.15) is 8.42 Å². The summed E-state index contributed by atoms with van der Waals surface area (Å²) < 4.78 is 34.8. The normalized spacial score (nSPS) is 12.4. The van der Waals surface area contributed by atoms with E-state index in [1.54, 1.807) is 18.5 Å². The summed E-state index contributed by atoms with van der Waals surface area (Å²) in [6.07, 6.45) is 12.2. The van der Waals surface area contributed by atoms with Gasteiger partial charge in [-0.25, -0.2) is 0 Å². The Morgan fingerprint density at radius 3 is 1.63 bits per heavy atom. The molecule has 0 spiro atoms. The van der Waals surface area contributed by atoms with E-state index in [0.717, 1.165) is 0 Å². The Bertz CT molecular complexity index is 554. The van der Waals surface area contributed by atoms with Crippen molar-refractivity contribution in [1.29, 1.82) is 0 Å². The van der Waals surface area contributed by atoms with Crippen LogP contribution < -0.4 is 4.74 Å². The lowest BCUT2D eigenvalue weighted by Gasteiger charge is -2.16. The fourth-order valence-electron chi connectivity index (χ4n) is 2.37. The summed E-state index contributed by atoms with van der Waals surface area (Å²) in [6.45, 7) is 8.37. The summed E-state index contributed by atoms with van der Waals surface area (Å²) in [4.78, 5) is -0.213. The molecule has 0 aliphatic carbocycles. The summed E-state index contributed by atoms with van der Waals surface area (Å²) >= 11 is 0. The first kappa shape index (κ1) is 26.3. The van der Waals surface area contributed by atoms with Crippen LogP contribution in [0.25, 0.3) is 0 Å². The van der Waals surface area contributed by atoms with Crippen LogP contribution in [-0.4, -0.2) is 42.9 Å². The monoisotopic (exact) mass is 420 g/mol. The zero-order valence-corrected chi connectivity index (χ0v) is 18.9. The number of rotatable bonds is 12. The van der Waals surface area contributed by atoms with E-state index in [9.17, 15) is 8.42 Å². The van der Waals surface area contributed by atoms with Gasteiger partial charge in [-0.3, -0.25) is 4.55 Å². The summed E-state index contributed by atoms with van der Waals surface area (Å²) in [6, 6.07) is 5.06. The minimum atomic E-state index is -4.17. The van der Waals surface area contributed by atoms with Gasteiger partial charge >= 0.3 is 0 Å². The molecule has 0 aliphatic rings. The van der Waals surface area contributed by atoms with Crippen molar-refractivity contribution in [3.05, 3.63) is 24.3 Å². The highest BCUT2D eigenvalue weighted by Crippen LogP contribution is 2.38. The maximum Gasteiger partial charge on any atom is 0.294 e. The molecule has 2 N–H and O–H groups in total. The molecule has 0 aromatic heterocycles. The lowest BCUT2D eigenvalue weighted by molar-refractivity contribution is -0.000325. The van der Waals surface area contributed by atoms with Gasteiger partial charge in [-0.15, -0.1) is 7.92 Å². The number of unbranched alkanes of at least 4 members (excludes halogenated alkanes) is 3. The first-order valence-corrected chi connectivity index (χ1v) is 13.2. The Hall–Kier alpha value is -0.680. The van der Waals surface area contributed by atoms with Crippen LogP contribution in [-0.2, 0) is 10.1 Å². The van der Waals surface area contributed by atoms with Crippen molar-refractivity contribution in [2.45, 2.75) is 77.4 Å². The van der Waals surface area contributed by atoms with Crippen LogP contribution >= 0.6 is 7.92 Å². The Kier molecular flexibility index (Phi) is 14.9. The average molecular weight is 421 g/mol. The fraction of sp³-hybridized carbons (Fsp3) is 0.700.